The lowest BCUT2D eigenvalue weighted by Gasteiger charge is -2.15. The molecule has 2 rings (SSSR count). The van der Waals surface area contributed by atoms with Crippen LogP contribution in [0.3, 0.4) is 0 Å². The van der Waals surface area contributed by atoms with Gasteiger partial charge in [-0.05, 0) is 18.2 Å². The van der Waals surface area contributed by atoms with Crippen molar-refractivity contribution < 1.29 is 14.6 Å². The third-order valence-electron chi connectivity index (χ3n) is 3.15. The summed E-state index contributed by atoms with van der Waals surface area (Å²) >= 11 is 6.06. The number of rotatable bonds is 6. The van der Waals surface area contributed by atoms with Crippen molar-refractivity contribution in [2.24, 2.45) is 0 Å². The first-order valence-corrected chi connectivity index (χ1v) is 6.92. The third-order valence-corrected chi connectivity index (χ3v) is 3.49. The van der Waals surface area contributed by atoms with Gasteiger partial charge in [0, 0.05) is 28.9 Å². The molecule has 5 heteroatoms. The minimum atomic E-state index is -0.688. The summed E-state index contributed by atoms with van der Waals surface area (Å²) in [5, 5.41) is 13.9. The van der Waals surface area contributed by atoms with Crippen LogP contribution < -0.4 is 14.8 Å². The van der Waals surface area contributed by atoms with E-state index in [0.29, 0.717) is 28.6 Å². The number of methoxy groups -OCH3 is 2. The molecule has 0 aliphatic rings. The molecule has 0 saturated heterocycles. The van der Waals surface area contributed by atoms with Crippen LogP contribution in [0.15, 0.2) is 42.5 Å². The van der Waals surface area contributed by atoms with E-state index < -0.39 is 6.10 Å². The third kappa shape index (κ3) is 3.80. The standard InChI is InChI=1S/C16H18ClNO3/c1-20-15-8-7-11(9-16(15)21-2)18-10-14(19)12-5-3-4-6-13(12)17/h3-9,14,18-19H,10H2,1-2H3. The first kappa shape index (κ1) is 15.5. The van der Waals surface area contributed by atoms with E-state index in [1.807, 2.05) is 36.4 Å². The minimum absolute atomic E-state index is 0.346. The smallest absolute Gasteiger partial charge is 0.162 e. The van der Waals surface area contributed by atoms with Gasteiger partial charge in [0.25, 0.3) is 0 Å². The summed E-state index contributed by atoms with van der Waals surface area (Å²) in [6.07, 6.45) is -0.688. The molecule has 2 aromatic rings. The molecular formula is C16H18ClNO3. The normalized spacial score (nSPS) is 11.8. The number of benzene rings is 2. The molecule has 4 nitrogen and oxygen atoms in total. The van der Waals surface area contributed by atoms with Crippen LogP contribution in [0.2, 0.25) is 5.02 Å². The molecule has 112 valence electrons. The average Bonchev–Trinajstić information content (AvgIpc) is 2.52. The van der Waals surface area contributed by atoms with Gasteiger partial charge in [0.05, 0.1) is 20.3 Å². The summed E-state index contributed by atoms with van der Waals surface area (Å²) in [7, 11) is 3.17. The largest absolute Gasteiger partial charge is 0.493 e. The molecular weight excluding hydrogens is 290 g/mol. The second kappa shape index (κ2) is 7.20. The summed E-state index contributed by atoms with van der Waals surface area (Å²) < 4.78 is 10.4. The van der Waals surface area contributed by atoms with Crippen LogP contribution in [-0.4, -0.2) is 25.9 Å². The Bertz CT molecular complexity index is 604. The van der Waals surface area contributed by atoms with Gasteiger partial charge in [-0.15, -0.1) is 0 Å². The number of ether oxygens (including phenoxy) is 2. The van der Waals surface area contributed by atoms with Crippen molar-refractivity contribution in [2.45, 2.75) is 6.10 Å². The Labute approximate surface area is 129 Å². The lowest BCUT2D eigenvalue weighted by Crippen LogP contribution is -2.12. The van der Waals surface area contributed by atoms with Crippen LogP contribution in [0.4, 0.5) is 5.69 Å². The van der Waals surface area contributed by atoms with Gasteiger partial charge < -0.3 is 19.9 Å². The van der Waals surface area contributed by atoms with Crippen molar-refractivity contribution in [3.05, 3.63) is 53.1 Å². The number of halogens is 1. The highest BCUT2D eigenvalue weighted by Gasteiger charge is 2.11. The lowest BCUT2D eigenvalue weighted by molar-refractivity contribution is 0.191. The molecule has 0 bridgehead atoms. The minimum Gasteiger partial charge on any atom is -0.493 e. The van der Waals surface area contributed by atoms with Gasteiger partial charge in [-0.1, -0.05) is 29.8 Å². The van der Waals surface area contributed by atoms with E-state index in [1.165, 1.54) is 0 Å². The first-order chi connectivity index (χ1) is 10.2. The van der Waals surface area contributed by atoms with E-state index in [1.54, 1.807) is 20.3 Å². The molecule has 1 unspecified atom stereocenters. The van der Waals surface area contributed by atoms with Crippen molar-refractivity contribution in [1.29, 1.82) is 0 Å². The highest BCUT2D eigenvalue weighted by molar-refractivity contribution is 6.31. The van der Waals surface area contributed by atoms with E-state index in [2.05, 4.69) is 5.32 Å². The topological polar surface area (TPSA) is 50.7 Å². The fourth-order valence-corrected chi connectivity index (χ4v) is 2.28. The van der Waals surface area contributed by atoms with E-state index in [-0.39, 0.29) is 0 Å². The van der Waals surface area contributed by atoms with Crippen molar-refractivity contribution >= 4 is 17.3 Å². The number of nitrogens with one attached hydrogen (secondary N) is 1. The molecule has 0 radical (unpaired) electrons. The number of aliphatic hydroxyl groups is 1. The fourth-order valence-electron chi connectivity index (χ4n) is 2.02. The maximum atomic E-state index is 10.2. The van der Waals surface area contributed by atoms with E-state index in [9.17, 15) is 5.11 Å². The van der Waals surface area contributed by atoms with E-state index in [0.717, 1.165) is 5.69 Å². The molecule has 2 aromatic carbocycles. The molecule has 0 heterocycles. The van der Waals surface area contributed by atoms with Gasteiger partial charge in [-0.3, -0.25) is 0 Å². The number of anilines is 1. The van der Waals surface area contributed by atoms with Gasteiger partial charge in [-0.2, -0.15) is 0 Å². The van der Waals surface area contributed by atoms with Gasteiger partial charge in [-0.25, -0.2) is 0 Å². The Kier molecular flexibility index (Phi) is 5.31. The highest BCUT2D eigenvalue weighted by atomic mass is 35.5. The summed E-state index contributed by atoms with van der Waals surface area (Å²) in [5.41, 5.74) is 1.53. The van der Waals surface area contributed by atoms with Crippen LogP contribution >= 0.6 is 11.6 Å². The fraction of sp³-hybridized carbons (Fsp3) is 0.250. The molecule has 0 amide bonds. The Morgan fingerprint density at radius 2 is 1.81 bits per heavy atom. The number of hydrogen-bond donors (Lipinski definition) is 2. The summed E-state index contributed by atoms with van der Waals surface area (Å²) in [6.45, 7) is 0.346. The molecule has 0 aromatic heterocycles. The van der Waals surface area contributed by atoms with Crippen LogP contribution in [0.5, 0.6) is 11.5 Å². The van der Waals surface area contributed by atoms with Crippen LogP contribution in [-0.2, 0) is 0 Å². The van der Waals surface area contributed by atoms with Crippen LogP contribution in [0.25, 0.3) is 0 Å². The lowest BCUT2D eigenvalue weighted by atomic mass is 10.1. The Hall–Kier alpha value is -1.91. The van der Waals surface area contributed by atoms with Crippen LogP contribution in [0, 0.1) is 0 Å². The zero-order valence-electron chi connectivity index (χ0n) is 12.0. The summed E-state index contributed by atoms with van der Waals surface area (Å²) in [5.74, 6) is 1.30. The zero-order chi connectivity index (χ0) is 15.2. The maximum absolute atomic E-state index is 10.2. The molecule has 0 aliphatic carbocycles. The van der Waals surface area contributed by atoms with E-state index >= 15 is 0 Å². The maximum Gasteiger partial charge on any atom is 0.162 e. The molecule has 21 heavy (non-hydrogen) atoms. The summed E-state index contributed by atoms with van der Waals surface area (Å²) in [6, 6.07) is 12.7. The van der Waals surface area contributed by atoms with E-state index in [4.69, 9.17) is 21.1 Å². The molecule has 0 spiro atoms. The predicted octanol–water partition coefficient (Wildman–Crippen LogP) is 3.50. The second-order valence-corrected chi connectivity index (χ2v) is 4.90. The van der Waals surface area contributed by atoms with Gasteiger partial charge in [0.1, 0.15) is 0 Å². The quantitative estimate of drug-likeness (QED) is 0.857. The number of aliphatic hydroxyl groups excluding tert-OH is 1. The molecule has 1 atom stereocenters. The zero-order valence-corrected chi connectivity index (χ0v) is 12.7. The second-order valence-electron chi connectivity index (χ2n) is 4.49. The molecule has 0 saturated carbocycles. The average molecular weight is 308 g/mol. The highest BCUT2D eigenvalue weighted by Crippen LogP contribution is 2.30. The van der Waals surface area contributed by atoms with Crippen molar-refractivity contribution in [1.82, 2.24) is 0 Å². The van der Waals surface area contributed by atoms with Crippen molar-refractivity contribution in [3.63, 3.8) is 0 Å². The van der Waals surface area contributed by atoms with Gasteiger partial charge in [0.2, 0.25) is 0 Å². The van der Waals surface area contributed by atoms with Crippen LogP contribution in [0.1, 0.15) is 11.7 Å². The molecule has 2 N–H and O–H groups in total. The Morgan fingerprint density at radius 1 is 1.10 bits per heavy atom. The Morgan fingerprint density at radius 3 is 2.48 bits per heavy atom. The first-order valence-electron chi connectivity index (χ1n) is 6.54. The number of hydrogen-bond acceptors (Lipinski definition) is 4. The van der Waals surface area contributed by atoms with Gasteiger partial charge >= 0.3 is 0 Å². The predicted molar refractivity (Wildman–Crippen MR) is 84.4 cm³/mol. The molecule has 0 aliphatic heterocycles. The van der Waals surface area contributed by atoms with Gasteiger partial charge in [0.15, 0.2) is 11.5 Å². The summed E-state index contributed by atoms with van der Waals surface area (Å²) in [4.78, 5) is 0. The van der Waals surface area contributed by atoms with Crippen molar-refractivity contribution in [2.75, 3.05) is 26.1 Å². The van der Waals surface area contributed by atoms with Crippen molar-refractivity contribution in [3.8, 4) is 11.5 Å². The molecule has 0 fully saturated rings. The monoisotopic (exact) mass is 307 g/mol. The SMILES string of the molecule is COc1ccc(NCC(O)c2ccccc2Cl)cc1OC. The Balaban J connectivity index is 2.04.